The van der Waals surface area contributed by atoms with Gasteiger partial charge in [-0.05, 0) is 18.4 Å². The van der Waals surface area contributed by atoms with Crippen LogP contribution in [0, 0.1) is 0 Å². The number of aliphatic imine (C=N–C) groups is 1. The first-order chi connectivity index (χ1) is 12.9. The molecule has 27 heavy (non-hydrogen) atoms. The number of nitrogens with zero attached hydrogens (tertiary/aromatic N) is 3. The van der Waals surface area contributed by atoms with Crippen molar-refractivity contribution in [2.45, 2.75) is 39.3 Å². The lowest BCUT2D eigenvalue weighted by Gasteiger charge is -2.18. The van der Waals surface area contributed by atoms with E-state index in [1.165, 1.54) is 4.90 Å². The smallest absolute Gasteiger partial charge is 0.243 e. The molecule has 0 bridgehead atoms. The molecular weight excluding hydrogens is 342 g/mol. The molecule has 0 spiro atoms. The summed E-state index contributed by atoms with van der Waals surface area (Å²) in [7, 11) is 3.43. The third kappa shape index (κ3) is 6.44. The Labute approximate surface area is 160 Å². The van der Waals surface area contributed by atoms with Crippen LogP contribution >= 0.6 is 0 Å². The summed E-state index contributed by atoms with van der Waals surface area (Å²) in [5, 5.41) is 10.6. The summed E-state index contributed by atoms with van der Waals surface area (Å²) < 4.78 is 5.36. The summed E-state index contributed by atoms with van der Waals surface area (Å²) in [6.45, 7) is 6.68. The molecule has 1 aromatic carbocycles. The monoisotopic (exact) mass is 371 g/mol. The molecule has 7 heteroatoms. The maximum atomic E-state index is 11.9. The van der Waals surface area contributed by atoms with Gasteiger partial charge in [-0.2, -0.15) is 0 Å². The molecule has 1 atom stereocenters. The van der Waals surface area contributed by atoms with E-state index in [2.05, 4.69) is 34.6 Å². The topological polar surface area (TPSA) is 82.8 Å². The van der Waals surface area contributed by atoms with Gasteiger partial charge in [0.1, 0.15) is 6.54 Å². The average Bonchev–Trinajstić information content (AvgIpc) is 3.13. The number of nitrogens with one attached hydrogen (secondary N) is 2. The Morgan fingerprint density at radius 1 is 1.22 bits per heavy atom. The number of guanidine groups is 1. The maximum absolute atomic E-state index is 11.9. The highest BCUT2D eigenvalue weighted by Crippen LogP contribution is 2.14. The van der Waals surface area contributed by atoms with E-state index in [0.29, 0.717) is 18.4 Å². The first-order valence-corrected chi connectivity index (χ1v) is 9.12. The van der Waals surface area contributed by atoms with Crippen molar-refractivity contribution in [2.75, 3.05) is 20.6 Å². The minimum atomic E-state index is -0.0646. The number of carbonyl (C=O) groups excluding carboxylic acids is 1. The molecule has 1 heterocycles. The van der Waals surface area contributed by atoms with Crippen LogP contribution in [0.25, 0.3) is 0 Å². The van der Waals surface area contributed by atoms with Crippen LogP contribution in [0.3, 0.4) is 0 Å². The second-order valence-electron chi connectivity index (χ2n) is 6.96. The van der Waals surface area contributed by atoms with Crippen molar-refractivity contribution >= 4 is 11.9 Å². The van der Waals surface area contributed by atoms with Crippen molar-refractivity contribution in [3.05, 3.63) is 53.4 Å². The molecular formula is C20H29N5O2. The van der Waals surface area contributed by atoms with Crippen molar-refractivity contribution in [3.63, 3.8) is 0 Å². The van der Waals surface area contributed by atoms with E-state index < -0.39 is 0 Å². The largest absolute Gasteiger partial charge is 0.359 e. The van der Waals surface area contributed by atoms with Gasteiger partial charge in [0.05, 0.1) is 18.3 Å². The van der Waals surface area contributed by atoms with Gasteiger partial charge in [0.25, 0.3) is 0 Å². The summed E-state index contributed by atoms with van der Waals surface area (Å²) in [5.74, 6) is 1.51. The summed E-state index contributed by atoms with van der Waals surface area (Å²) in [4.78, 5) is 17.8. The molecule has 0 aliphatic rings. The van der Waals surface area contributed by atoms with Crippen LogP contribution < -0.4 is 10.6 Å². The lowest BCUT2D eigenvalue weighted by atomic mass is 10.1. The van der Waals surface area contributed by atoms with Gasteiger partial charge in [-0.15, -0.1) is 0 Å². The van der Waals surface area contributed by atoms with Gasteiger partial charge in [0.2, 0.25) is 5.91 Å². The van der Waals surface area contributed by atoms with E-state index in [1.807, 2.05) is 43.3 Å². The van der Waals surface area contributed by atoms with Crippen molar-refractivity contribution in [1.82, 2.24) is 20.7 Å². The lowest BCUT2D eigenvalue weighted by molar-refractivity contribution is -0.127. The van der Waals surface area contributed by atoms with Gasteiger partial charge < -0.3 is 20.1 Å². The molecule has 0 saturated heterocycles. The molecule has 2 aromatic rings. The van der Waals surface area contributed by atoms with Gasteiger partial charge in [-0.25, -0.2) is 4.99 Å². The lowest BCUT2D eigenvalue weighted by Crippen LogP contribution is -2.39. The summed E-state index contributed by atoms with van der Waals surface area (Å²) in [6.07, 6.45) is 0. The highest BCUT2D eigenvalue weighted by Gasteiger charge is 2.12. The van der Waals surface area contributed by atoms with Crippen LogP contribution in [0.4, 0.5) is 0 Å². The maximum Gasteiger partial charge on any atom is 0.243 e. The van der Waals surface area contributed by atoms with E-state index >= 15 is 0 Å². The van der Waals surface area contributed by atoms with Gasteiger partial charge in [-0.3, -0.25) is 4.79 Å². The molecule has 0 aliphatic carbocycles. The van der Waals surface area contributed by atoms with Crippen LogP contribution in [0.15, 0.2) is 45.9 Å². The van der Waals surface area contributed by atoms with Crippen LogP contribution in [-0.2, 0) is 11.3 Å². The van der Waals surface area contributed by atoms with Crippen LogP contribution in [0.2, 0.25) is 0 Å². The van der Waals surface area contributed by atoms with E-state index in [0.717, 1.165) is 17.0 Å². The molecule has 2 rings (SSSR count). The zero-order chi connectivity index (χ0) is 19.8. The van der Waals surface area contributed by atoms with E-state index in [-0.39, 0.29) is 18.5 Å². The molecule has 1 amide bonds. The predicted octanol–water partition coefficient (Wildman–Crippen LogP) is 2.68. The second kappa shape index (κ2) is 9.75. The highest BCUT2D eigenvalue weighted by atomic mass is 16.5. The molecule has 146 valence electrons. The molecule has 2 N–H and O–H groups in total. The Morgan fingerprint density at radius 3 is 2.52 bits per heavy atom. The Balaban J connectivity index is 2.06. The van der Waals surface area contributed by atoms with Crippen LogP contribution in [-0.4, -0.2) is 42.6 Å². The fraction of sp³-hybridized carbons (Fsp3) is 0.450. The number of amides is 1. The summed E-state index contributed by atoms with van der Waals surface area (Å²) >= 11 is 0. The van der Waals surface area contributed by atoms with Gasteiger partial charge in [0.15, 0.2) is 11.7 Å². The van der Waals surface area contributed by atoms with Crippen LogP contribution in [0.1, 0.15) is 49.7 Å². The quantitative estimate of drug-likeness (QED) is 0.578. The van der Waals surface area contributed by atoms with Crippen molar-refractivity contribution in [3.8, 4) is 0 Å². The Morgan fingerprint density at radius 2 is 1.93 bits per heavy atom. The van der Waals surface area contributed by atoms with E-state index in [1.54, 1.807) is 14.1 Å². The average molecular weight is 371 g/mol. The number of benzene rings is 1. The number of hydrogen-bond donors (Lipinski definition) is 2. The third-order valence-corrected chi connectivity index (χ3v) is 4.12. The Hall–Kier alpha value is -2.83. The van der Waals surface area contributed by atoms with E-state index in [9.17, 15) is 4.79 Å². The zero-order valence-electron chi connectivity index (χ0n) is 16.7. The SMILES string of the molecule is CC(C)c1cc(CNC(=NCC(=O)N(C)C)NC(C)c2ccccc2)on1. The standard InChI is InChI=1S/C20H29N5O2/c1-14(2)18-11-17(27-24-18)12-21-20(22-13-19(26)25(4)5)23-15(3)16-9-7-6-8-10-16/h6-11,14-15H,12-13H2,1-5H3,(H2,21,22,23). The Bertz CT molecular complexity index is 753. The predicted molar refractivity (Wildman–Crippen MR) is 106 cm³/mol. The fourth-order valence-electron chi connectivity index (χ4n) is 2.33. The van der Waals surface area contributed by atoms with Gasteiger partial charge in [-0.1, -0.05) is 49.3 Å². The van der Waals surface area contributed by atoms with Crippen molar-refractivity contribution in [1.29, 1.82) is 0 Å². The second-order valence-corrected chi connectivity index (χ2v) is 6.96. The molecule has 0 saturated carbocycles. The van der Waals surface area contributed by atoms with Crippen molar-refractivity contribution < 1.29 is 9.32 Å². The third-order valence-electron chi connectivity index (χ3n) is 4.12. The number of hydrogen-bond acceptors (Lipinski definition) is 4. The van der Waals surface area contributed by atoms with Gasteiger partial charge in [0, 0.05) is 20.2 Å². The minimum Gasteiger partial charge on any atom is -0.359 e. The first-order valence-electron chi connectivity index (χ1n) is 9.12. The molecule has 0 radical (unpaired) electrons. The van der Waals surface area contributed by atoms with Crippen LogP contribution in [0.5, 0.6) is 0 Å². The number of rotatable bonds is 7. The number of carbonyl (C=O) groups is 1. The normalized spacial score (nSPS) is 12.7. The molecule has 0 fully saturated rings. The highest BCUT2D eigenvalue weighted by molar-refractivity contribution is 5.85. The number of likely N-dealkylation sites (N-methyl/N-ethyl adjacent to an activating group) is 1. The molecule has 1 aromatic heterocycles. The Kier molecular flexibility index (Phi) is 7.40. The minimum absolute atomic E-state index is 0.0351. The molecule has 7 nitrogen and oxygen atoms in total. The van der Waals surface area contributed by atoms with E-state index in [4.69, 9.17) is 4.52 Å². The first kappa shape index (κ1) is 20.5. The summed E-state index contributed by atoms with van der Waals surface area (Å²) in [5.41, 5.74) is 2.05. The number of aromatic nitrogens is 1. The van der Waals surface area contributed by atoms with Gasteiger partial charge >= 0.3 is 0 Å². The van der Waals surface area contributed by atoms with Crippen molar-refractivity contribution in [2.24, 2.45) is 4.99 Å². The molecule has 0 aliphatic heterocycles. The summed E-state index contributed by atoms with van der Waals surface area (Å²) in [6, 6.07) is 12.0. The molecule has 1 unspecified atom stereocenters. The zero-order valence-corrected chi connectivity index (χ0v) is 16.7. The fourth-order valence-corrected chi connectivity index (χ4v) is 2.33.